The van der Waals surface area contributed by atoms with Crippen molar-refractivity contribution in [3.8, 4) is 0 Å². The van der Waals surface area contributed by atoms with Crippen molar-refractivity contribution < 1.29 is 19.4 Å². The minimum absolute atomic E-state index is 0.0865. The van der Waals surface area contributed by atoms with Crippen LogP contribution in [0, 0.1) is 0 Å². The van der Waals surface area contributed by atoms with Crippen molar-refractivity contribution in [3.05, 3.63) is 29.6 Å². The van der Waals surface area contributed by atoms with E-state index in [2.05, 4.69) is 9.72 Å². The summed E-state index contributed by atoms with van der Waals surface area (Å²) >= 11 is 0. The average molecular weight is 252 g/mol. The lowest BCUT2D eigenvalue weighted by Gasteiger charge is -2.19. The number of ether oxygens (including phenoxy) is 1. The third kappa shape index (κ3) is 3.27. The minimum atomic E-state index is -0.588. The molecule has 1 heterocycles. The van der Waals surface area contributed by atoms with Crippen LogP contribution in [0.4, 0.5) is 0 Å². The van der Waals surface area contributed by atoms with Gasteiger partial charge in [-0.3, -0.25) is 4.79 Å². The minimum Gasteiger partial charge on any atom is -0.464 e. The predicted molar refractivity (Wildman–Crippen MR) is 64.2 cm³/mol. The lowest BCUT2D eigenvalue weighted by Crippen LogP contribution is -2.34. The van der Waals surface area contributed by atoms with Crippen molar-refractivity contribution >= 4 is 11.9 Å². The van der Waals surface area contributed by atoms with Crippen LogP contribution in [0.2, 0.25) is 0 Å². The van der Waals surface area contributed by atoms with E-state index in [9.17, 15) is 9.59 Å². The molecule has 0 aliphatic rings. The van der Waals surface area contributed by atoms with Crippen LogP contribution in [0.1, 0.15) is 27.9 Å². The van der Waals surface area contributed by atoms with Crippen molar-refractivity contribution in [1.82, 2.24) is 9.88 Å². The fourth-order valence-corrected chi connectivity index (χ4v) is 1.46. The van der Waals surface area contributed by atoms with Gasteiger partial charge in [0, 0.05) is 13.1 Å². The molecule has 0 saturated heterocycles. The molecule has 0 radical (unpaired) electrons. The van der Waals surface area contributed by atoms with Gasteiger partial charge in [0.25, 0.3) is 5.91 Å². The van der Waals surface area contributed by atoms with Crippen LogP contribution in [0.3, 0.4) is 0 Å². The van der Waals surface area contributed by atoms with E-state index in [0.29, 0.717) is 6.54 Å². The van der Waals surface area contributed by atoms with Gasteiger partial charge in [0.2, 0.25) is 0 Å². The van der Waals surface area contributed by atoms with E-state index in [1.807, 2.05) is 0 Å². The number of aliphatic hydroxyl groups excluding tert-OH is 1. The SMILES string of the molecule is CCN(CCO)C(=O)c1cccc(C(=O)OC)n1. The van der Waals surface area contributed by atoms with Crippen molar-refractivity contribution in [2.45, 2.75) is 6.92 Å². The normalized spacial score (nSPS) is 9.94. The standard InChI is InChI=1S/C12H16N2O4/c1-3-14(7-8-15)11(16)9-5-4-6-10(13-9)12(17)18-2/h4-6,15H,3,7-8H2,1-2H3. The van der Waals surface area contributed by atoms with Crippen LogP contribution in [-0.4, -0.2) is 53.7 Å². The topological polar surface area (TPSA) is 79.7 Å². The number of carbonyl (C=O) groups excluding carboxylic acids is 2. The number of hydrogen-bond donors (Lipinski definition) is 1. The maximum absolute atomic E-state index is 12.0. The third-order valence-corrected chi connectivity index (χ3v) is 2.40. The number of pyridine rings is 1. The van der Waals surface area contributed by atoms with E-state index in [4.69, 9.17) is 5.11 Å². The van der Waals surface area contributed by atoms with Crippen LogP contribution >= 0.6 is 0 Å². The molecule has 0 aliphatic heterocycles. The largest absolute Gasteiger partial charge is 0.464 e. The maximum Gasteiger partial charge on any atom is 0.356 e. The summed E-state index contributed by atoms with van der Waals surface area (Å²) in [5.74, 6) is -0.910. The molecule has 0 atom stereocenters. The number of aliphatic hydroxyl groups is 1. The molecule has 18 heavy (non-hydrogen) atoms. The molecule has 0 aliphatic carbocycles. The Hall–Kier alpha value is -1.95. The Labute approximate surface area is 105 Å². The molecule has 0 spiro atoms. The summed E-state index contributed by atoms with van der Waals surface area (Å²) in [5, 5.41) is 8.86. The molecule has 1 N–H and O–H groups in total. The number of amides is 1. The predicted octanol–water partition coefficient (Wildman–Crippen LogP) is 0.323. The molecule has 0 bridgehead atoms. The second kappa shape index (κ2) is 6.70. The van der Waals surface area contributed by atoms with E-state index < -0.39 is 5.97 Å². The van der Waals surface area contributed by atoms with Crippen LogP contribution in [0.15, 0.2) is 18.2 Å². The molecule has 6 heteroatoms. The molecular weight excluding hydrogens is 236 g/mol. The Bertz CT molecular complexity index is 434. The first-order valence-electron chi connectivity index (χ1n) is 5.59. The second-order valence-corrected chi connectivity index (χ2v) is 3.51. The summed E-state index contributed by atoms with van der Waals surface area (Å²) < 4.78 is 4.54. The highest BCUT2D eigenvalue weighted by atomic mass is 16.5. The Balaban J connectivity index is 2.95. The number of methoxy groups -OCH3 is 1. The molecule has 98 valence electrons. The molecule has 6 nitrogen and oxygen atoms in total. The second-order valence-electron chi connectivity index (χ2n) is 3.51. The molecule has 0 fully saturated rings. The Morgan fingerprint density at radius 3 is 2.61 bits per heavy atom. The van der Waals surface area contributed by atoms with E-state index in [1.165, 1.54) is 24.1 Å². The van der Waals surface area contributed by atoms with Gasteiger partial charge in [0.15, 0.2) is 0 Å². The number of rotatable bonds is 5. The quantitative estimate of drug-likeness (QED) is 0.763. The van der Waals surface area contributed by atoms with E-state index in [0.717, 1.165) is 0 Å². The Morgan fingerprint density at radius 1 is 1.39 bits per heavy atom. The Morgan fingerprint density at radius 2 is 2.06 bits per heavy atom. The summed E-state index contributed by atoms with van der Waals surface area (Å²) in [6.45, 7) is 2.39. The number of carbonyl (C=O) groups is 2. The zero-order valence-electron chi connectivity index (χ0n) is 10.4. The van der Waals surface area contributed by atoms with Gasteiger partial charge < -0.3 is 14.7 Å². The lowest BCUT2D eigenvalue weighted by molar-refractivity contribution is 0.0593. The zero-order chi connectivity index (χ0) is 13.5. The summed E-state index contributed by atoms with van der Waals surface area (Å²) in [7, 11) is 1.25. The van der Waals surface area contributed by atoms with Crippen molar-refractivity contribution in [2.24, 2.45) is 0 Å². The fraction of sp³-hybridized carbons (Fsp3) is 0.417. The molecule has 1 aromatic rings. The highest BCUT2D eigenvalue weighted by Crippen LogP contribution is 2.05. The third-order valence-electron chi connectivity index (χ3n) is 2.40. The summed E-state index contributed by atoms with van der Waals surface area (Å²) in [6.07, 6.45) is 0. The highest BCUT2D eigenvalue weighted by molar-refractivity contribution is 5.94. The van der Waals surface area contributed by atoms with Gasteiger partial charge >= 0.3 is 5.97 Å². The van der Waals surface area contributed by atoms with Gasteiger partial charge in [0.05, 0.1) is 13.7 Å². The zero-order valence-corrected chi connectivity index (χ0v) is 10.4. The van der Waals surface area contributed by atoms with Crippen molar-refractivity contribution in [1.29, 1.82) is 0 Å². The smallest absolute Gasteiger partial charge is 0.356 e. The van der Waals surface area contributed by atoms with Gasteiger partial charge in [-0.25, -0.2) is 9.78 Å². The molecular formula is C12H16N2O4. The van der Waals surface area contributed by atoms with Crippen LogP contribution < -0.4 is 0 Å². The van der Waals surface area contributed by atoms with Crippen molar-refractivity contribution in [2.75, 3.05) is 26.8 Å². The molecule has 1 rings (SSSR count). The summed E-state index contributed by atoms with van der Waals surface area (Å²) in [4.78, 5) is 28.7. The first-order valence-corrected chi connectivity index (χ1v) is 5.59. The number of hydrogen-bond acceptors (Lipinski definition) is 5. The first kappa shape index (κ1) is 14.1. The fourth-order valence-electron chi connectivity index (χ4n) is 1.46. The van der Waals surface area contributed by atoms with Gasteiger partial charge in [-0.2, -0.15) is 0 Å². The van der Waals surface area contributed by atoms with E-state index >= 15 is 0 Å². The van der Waals surface area contributed by atoms with Gasteiger partial charge in [-0.1, -0.05) is 6.07 Å². The number of likely N-dealkylation sites (N-methyl/N-ethyl adjacent to an activating group) is 1. The Kier molecular flexibility index (Phi) is 5.26. The monoisotopic (exact) mass is 252 g/mol. The lowest BCUT2D eigenvalue weighted by atomic mass is 10.2. The van der Waals surface area contributed by atoms with Gasteiger partial charge in [-0.15, -0.1) is 0 Å². The molecule has 0 saturated carbocycles. The maximum atomic E-state index is 12.0. The highest BCUT2D eigenvalue weighted by Gasteiger charge is 2.17. The average Bonchev–Trinajstić information content (AvgIpc) is 2.43. The molecule has 0 unspecified atom stereocenters. The number of aromatic nitrogens is 1. The van der Waals surface area contributed by atoms with E-state index in [-0.39, 0.29) is 30.4 Å². The molecule has 0 aromatic carbocycles. The number of nitrogens with zero attached hydrogens (tertiary/aromatic N) is 2. The van der Waals surface area contributed by atoms with Crippen molar-refractivity contribution in [3.63, 3.8) is 0 Å². The van der Waals surface area contributed by atoms with Crippen LogP contribution in [-0.2, 0) is 4.74 Å². The van der Waals surface area contributed by atoms with Crippen LogP contribution in [0.5, 0.6) is 0 Å². The van der Waals surface area contributed by atoms with Gasteiger partial charge in [-0.05, 0) is 19.1 Å². The van der Waals surface area contributed by atoms with Gasteiger partial charge in [0.1, 0.15) is 11.4 Å². The number of esters is 1. The summed E-state index contributed by atoms with van der Waals surface area (Å²) in [6, 6.07) is 4.57. The van der Waals surface area contributed by atoms with E-state index in [1.54, 1.807) is 13.0 Å². The molecule has 1 aromatic heterocycles. The van der Waals surface area contributed by atoms with Crippen LogP contribution in [0.25, 0.3) is 0 Å². The summed E-state index contributed by atoms with van der Waals surface area (Å²) in [5.41, 5.74) is 0.247. The molecule has 1 amide bonds. The first-order chi connectivity index (χ1) is 8.63.